The fraction of sp³-hybridized carbons (Fsp3) is 0. The molecule has 0 aromatic heterocycles. The molecule has 0 saturated heterocycles. The lowest BCUT2D eigenvalue weighted by molar-refractivity contribution is 0.460. The van der Waals surface area contributed by atoms with Crippen molar-refractivity contribution in [1.82, 2.24) is 0 Å². The molecule has 0 aliphatic carbocycles. The molecule has 10 heavy (non-hydrogen) atoms. The van der Waals surface area contributed by atoms with Gasteiger partial charge in [0.25, 0.3) is 0 Å². The number of nitrogen functional groups attached to an aromatic ring is 1. The third-order valence-corrected chi connectivity index (χ3v) is 1.61. The first kappa shape index (κ1) is 7.21. The van der Waals surface area contributed by atoms with Crippen LogP contribution in [0.2, 0.25) is 0 Å². The summed E-state index contributed by atoms with van der Waals surface area (Å²) in [5, 5.41) is 8.90. The summed E-state index contributed by atoms with van der Waals surface area (Å²) in [7, 11) is 0. The SMILES string of the molecule is Nc1c(F)ccc(O)c1S. The van der Waals surface area contributed by atoms with Crippen LogP contribution in [0.5, 0.6) is 5.75 Å². The highest BCUT2D eigenvalue weighted by Gasteiger charge is 2.04. The predicted octanol–water partition coefficient (Wildman–Crippen LogP) is 1.40. The molecule has 0 bridgehead atoms. The zero-order valence-corrected chi connectivity index (χ0v) is 5.90. The van der Waals surface area contributed by atoms with E-state index in [1.165, 1.54) is 6.07 Å². The minimum Gasteiger partial charge on any atom is -0.507 e. The van der Waals surface area contributed by atoms with Crippen LogP contribution in [0.25, 0.3) is 0 Å². The molecular formula is C6H6FNOS. The number of thiol groups is 1. The second-order valence-electron chi connectivity index (χ2n) is 1.83. The molecule has 1 aromatic rings. The lowest BCUT2D eigenvalue weighted by Gasteiger charge is -2.01. The number of phenols is 1. The topological polar surface area (TPSA) is 46.2 Å². The molecule has 0 unspecified atom stereocenters. The number of phenolic OH excluding ortho intramolecular Hbond substituents is 1. The highest BCUT2D eigenvalue weighted by molar-refractivity contribution is 7.80. The summed E-state index contributed by atoms with van der Waals surface area (Å²) in [6.45, 7) is 0. The molecule has 1 aromatic carbocycles. The van der Waals surface area contributed by atoms with Crippen molar-refractivity contribution >= 4 is 18.3 Å². The van der Waals surface area contributed by atoms with Crippen LogP contribution in [-0.2, 0) is 0 Å². The van der Waals surface area contributed by atoms with Crippen LogP contribution in [0.4, 0.5) is 10.1 Å². The number of benzene rings is 1. The van der Waals surface area contributed by atoms with Crippen molar-refractivity contribution in [3.63, 3.8) is 0 Å². The largest absolute Gasteiger partial charge is 0.507 e. The highest BCUT2D eigenvalue weighted by atomic mass is 32.1. The van der Waals surface area contributed by atoms with Gasteiger partial charge in [0.2, 0.25) is 0 Å². The maximum Gasteiger partial charge on any atom is 0.147 e. The molecule has 4 heteroatoms. The Balaban J connectivity index is 3.34. The number of hydrogen-bond acceptors (Lipinski definition) is 3. The average molecular weight is 159 g/mol. The van der Waals surface area contributed by atoms with Crippen LogP contribution in [0, 0.1) is 5.82 Å². The number of nitrogens with two attached hydrogens (primary N) is 1. The Bertz CT molecular complexity index is 237. The maximum atomic E-state index is 12.5. The first-order valence-corrected chi connectivity index (χ1v) is 3.03. The summed E-state index contributed by atoms with van der Waals surface area (Å²) >= 11 is 3.77. The molecule has 0 atom stereocenters. The summed E-state index contributed by atoms with van der Waals surface area (Å²) in [5.41, 5.74) is 5.05. The van der Waals surface area contributed by atoms with E-state index in [9.17, 15) is 4.39 Å². The molecule has 0 radical (unpaired) electrons. The second kappa shape index (κ2) is 2.38. The minimum absolute atomic E-state index is 0.0833. The normalized spacial score (nSPS) is 9.80. The van der Waals surface area contributed by atoms with Crippen LogP contribution in [0.1, 0.15) is 0 Å². The highest BCUT2D eigenvalue weighted by Crippen LogP contribution is 2.28. The molecule has 1 rings (SSSR count). The molecule has 0 heterocycles. The van der Waals surface area contributed by atoms with Gasteiger partial charge in [0.05, 0.1) is 10.6 Å². The Morgan fingerprint density at radius 3 is 2.60 bits per heavy atom. The minimum atomic E-state index is -0.567. The van der Waals surface area contributed by atoms with Gasteiger partial charge < -0.3 is 10.8 Å². The van der Waals surface area contributed by atoms with Gasteiger partial charge in [-0.2, -0.15) is 0 Å². The van der Waals surface area contributed by atoms with E-state index in [0.29, 0.717) is 0 Å². The van der Waals surface area contributed by atoms with Crippen LogP contribution in [0.15, 0.2) is 17.0 Å². The van der Waals surface area contributed by atoms with Crippen LogP contribution < -0.4 is 5.73 Å². The van der Waals surface area contributed by atoms with Crippen LogP contribution in [-0.4, -0.2) is 5.11 Å². The maximum absolute atomic E-state index is 12.5. The van der Waals surface area contributed by atoms with Gasteiger partial charge in [0.15, 0.2) is 0 Å². The molecule has 0 amide bonds. The van der Waals surface area contributed by atoms with Crippen molar-refractivity contribution in [3.05, 3.63) is 17.9 Å². The Labute approximate surface area is 62.9 Å². The van der Waals surface area contributed by atoms with Crippen molar-refractivity contribution in [1.29, 1.82) is 0 Å². The zero-order chi connectivity index (χ0) is 7.72. The van der Waals surface area contributed by atoms with Crippen molar-refractivity contribution in [2.45, 2.75) is 4.90 Å². The lowest BCUT2D eigenvalue weighted by atomic mass is 10.3. The van der Waals surface area contributed by atoms with E-state index in [2.05, 4.69) is 12.6 Å². The molecule has 3 N–H and O–H groups in total. The molecule has 0 fully saturated rings. The Hall–Kier alpha value is -0.900. The van der Waals surface area contributed by atoms with Gasteiger partial charge in [-0.15, -0.1) is 12.6 Å². The molecule has 0 saturated carbocycles. The Kier molecular flexibility index (Phi) is 1.72. The summed E-state index contributed by atoms with van der Waals surface area (Å²) in [5.74, 6) is -0.676. The smallest absolute Gasteiger partial charge is 0.147 e. The monoisotopic (exact) mass is 159 g/mol. The number of halogens is 1. The van der Waals surface area contributed by atoms with E-state index in [4.69, 9.17) is 10.8 Å². The Morgan fingerprint density at radius 2 is 2.10 bits per heavy atom. The van der Waals surface area contributed by atoms with Gasteiger partial charge in [-0.25, -0.2) is 4.39 Å². The predicted molar refractivity (Wildman–Crippen MR) is 39.7 cm³/mol. The first-order chi connectivity index (χ1) is 4.63. The van der Waals surface area contributed by atoms with E-state index < -0.39 is 5.82 Å². The molecular weight excluding hydrogens is 153 g/mol. The van der Waals surface area contributed by atoms with Crippen LogP contribution >= 0.6 is 12.6 Å². The van der Waals surface area contributed by atoms with Crippen molar-refractivity contribution in [2.75, 3.05) is 5.73 Å². The van der Waals surface area contributed by atoms with Crippen molar-refractivity contribution in [2.24, 2.45) is 0 Å². The fourth-order valence-electron chi connectivity index (χ4n) is 0.572. The standard InChI is InChI=1S/C6H6FNOS/c7-3-1-2-4(9)6(10)5(3)8/h1-2,9-10H,8H2. The zero-order valence-electron chi connectivity index (χ0n) is 5.00. The first-order valence-electron chi connectivity index (χ1n) is 2.59. The van der Waals surface area contributed by atoms with Gasteiger partial charge in [-0.1, -0.05) is 0 Å². The van der Waals surface area contributed by atoms with Crippen molar-refractivity contribution in [3.8, 4) is 5.75 Å². The number of anilines is 1. The third-order valence-electron chi connectivity index (χ3n) is 1.14. The fourth-order valence-corrected chi connectivity index (χ4v) is 0.753. The van der Waals surface area contributed by atoms with E-state index in [-0.39, 0.29) is 16.3 Å². The summed E-state index contributed by atoms with van der Waals surface area (Å²) in [6, 6.07) is 2.29. The lowest BCUT2D eigenvalue weighted by Crippen LogP contribution is -1.91. The van der Waals surface area contributed by atoms with E-state index >= 15 is 0 Å². The number of rotatable bonds is 0. The Morgan fingerprint density at radius 1 is 1.50 bits per heavy atom. The van der Waals surface area contributed by atoms with Gasteiger partial charge in [-0.05, 0) is 12.1 Å². The average Bonchev–Trinajstić information content (AvgIpc) is 1.93. The molecule has 0 spiro atoms. The molecule has 0 aliphatic heterocycles. The van der Waals surface area contributed by atoms with E-state index in [0.717, 1.165) is 6.07 Å². The van der Waals surface area contributed by atoms with E-state index in [1.807, 2.05) is 0 Å². The molecule has 0 aliphatic rings. The third kappa shape index (κ3) is 1.02. The molecule has 2 nitrogen and oxygen atoms in total. The molecule has 54 valence electrons. The summed E-state index contributed by atoms with van der Waals surface area (Å²) in [4.78, 5) is 0.0833. The van der Waals surface area contributed by atoms with Crippen molar-refractivity contribution < 1.29 is 9.50 Å². The summed E-state index contributed by atoms with van der Waals surface area (Å²) < 4.78 is 12.5. The van der Waals surface area contributed by atoms with Gasteiger partial charge in [0.1, 0.15) is 11.6 Å². The van der Waals surface area contributed by atoms with Gasteiger partial charge in [0, 0.05) is 0 Å². The van der Waals surface area contributed by atoms with Gasteiger partial charge in [-0.3, -0.25) is 0 Å². The second-order valence-corrected chi connectivity index (χ2v) is 2.28. The van der Waals surface area contributed by atoms with E-state index in [1.54, 1.807) is 0 Å². The summed E-state index contributed by atoms with van der Waals surface area (Å²) in [6.07, 6.45) is 0. The van der Waals surface area contributed by atoms with Crippen LogP contribution in [0.3, 0.4) is 0 Å². The van der Waals surface area contributed by atoms with Gasteiger partial charge >= 0.3 is 0 Å². The number of hydrogen-bond donors (Lipinski definition) is 3. The quantitative estimate of drug-likeness (QED) is 0.396. The number of aromatic hydroxyl groups is 1.